The van der Waals surface area contributed by atoms with E-state index in [1.165, 1.54) is 0 Å². The summed E-state index contributed by atoms with van der Waals surface area (Å²) in [6.07, 6.45) is 0.756. The largest absolute Gasteiger partial charge is 0.480 e. The van der Waals surface area contributed by atoms with Crippen molar-refractivity contribution < 1.29 is 4.74 Å². The van der Waals surface area contributed by atoms with Crippen LogP contribution in [0.4, 0.5) is 0 Å². The molecule has 1 N–H and O–H groups in total. The van der Waals surface area contributed by atoms with E-state index in [1.54, 1.807) is 7.11 Å². The Kier molecular flexibility index (Phi) is 5.79. The zero-order valence-electron chi connectivity index (χ0n) is 11.9. The van der Waals surface area contributed by atoms with E-state index in [4.69, 9.17) is 27.9 Å². The number of hydrogen-bond donors (Lipinski definition) is 1. The molecule has 1 aromatic heterocycles. The second-order valence-corrected chi connectivity index (χ2v) is 5.38. The fourth-order valence-electron chi connectivity index (χ4n) is 2.06. The first-order chi connectivity index (χ1) is 10.1. The van der Waals surface area contributed by atoms with Crippen molar-refractivity contribution in [3.63, 3.8) is 0 Å². The molecule has 1 atom stereocenters. The molecule has 112 valence electrons. The SMILES string of the molecule is CCNC(Cc1ccc(Cl)c(Cl)c1)c1ccc(OC)nn1. The van der Waals surface area contributed by atoms with Gasteiger partial charge in [-0.1, -0.05) is 36.2 Å². The van der Waals surface area contributed by atoms with Gasteiger partial charge in [-0.3, -0.25) is 0 Å². The number of halogens is 2. The number of benzene rings is 1. The molecule has 1 heterocycles. The lowest BCUT2D eigenvalue weighted by atomic mass is 10.0. The average Bonchev–Trinajstić information content (AvgIpc) is 2.50. The van der Waals surface area contributed by atoms with Crippen LogP contribution in [-0.4, -0.2) is 23.9 Å². The van der Waals surface area contributed by atoms with Gasteiger partial charge in [-0.15, -0.1) is 5.10 Å². The van der Waals surface area contributed by atoms with Crippen molar-refractivity contribution in [2.75, 3.05) is 13.7 Å². The maximum atomic E-state index is 6.06. The predicted octanol–water partition coefficient (Wildman–Crippen LogP) is 3.69. The Morgan fingerprint density at radius 2 is 1.95 bits per heavy atom. The van der Waals surface area contributed by atoms with E-state index in [9.17, 15) is 0 Å². The molecule has 0 aliphatic rings. The normalized spacial score (nSPS) is 12.2. The fraction of sp³-hybridized carbons (Fsp3) is 0.333. The van der Waals surface area contributed by atoms with Gasteiger partial charge in [0.15, 0.2) is 0 Å². The van der Waals surface area contributed by atoms with Crippen LogP contribution in [0.1, 0.15) is 24.2 Å². The Bertz CT molecular complexity index is 590. The van der Waals surface area contributed by atoms with Gasteiger partial charge in [0.1, 0.15) is 0 Å². The van der Waals surface area contributed by atoms with E-state index in [0.717, 1.165) is 24.2 Å². The zero-order valence-corrected chi connectivity index (χ0v) is 13.4. The van der Waals surface area contributed by atoms with Crippen LogP contribution in [0.25, 0.3) is 0 Å². The summed E-state index contributed by atoms with van der Waals surface area (Å²) in [4.78, 5) is 0. The summed E-state index contributed by atoms with van der Waals surface area (Å²) in [6.45, 7) is 2.89. The first-order valence-electron chi connectivity index (χ1n) is 6.69. The topological polar surface area (TPSA) is 47.0 Å². The van der Waals surface area contributed by atoms with Crippen LogP contribution in [0.5, 0.6) is 5.88 Å². The van der Waals surface area contributed by atoms with Gasteiger partial charge in [-0.05, 0) is 36.7 Å². The first kappa shape index (κ1) is 16.0. The van der Waals surface area contributed by atoms with E-state index in [0.29, 0.717) is 15.9 Å². The molecule has 6 heteroatoms. The van der Waals surface area contributed by atoms with E-state index in [2.05, 4.69) is 22.4 Å². The molecule has 1 unspecified atom stereocenters. The number of ether oxygens (including phenoxy) is 1. The van der Waals surface area contributed by atoms with Crippen molar-refractivity contribution in [3.8, 4) is 5.88 Å². The van der Waals surface area contributed by atoms with E-state index in [-0.39, 0.29) is 6.04 Å². The first-order valence-corrected chi connectivity index (χ1v) is 7.44. The quantitative estimate of drug-likeness (QED) is 0.879. The second-order valence-electron chi connectivity index (χ2n) is 4.56. The minimum Gasteiger partial charge on any atom is -0.480 e. The van der Waals surface area contributed by atoms with Crippen LogP contribution in [-0.2, 0) is 6.42 Å². The van der Waals surface area contributed by atoms with E-state index in [1.807, 2.05) is 30.3 Å². The molecule has 0 aliphatic carbocycles. The Labute approximate surface area is 134 Å². The number of hydrogen-bond acceptors (Lipinski definition) is 4. The van der Waals surface area contributed by atoms with Gasteiger partial charge < -0.3 is 10.1 Å². The molecule has 0 aliphatic heterocycles. The van der Waals surface area contributed by atoms with Crippen molar-refractivity contribution in [1.82, 2.24) is 15.5 Å². The molecule has 0 fully saturated rings. The summed E-state index contributed by atoms with van der Waals surface area (Å²) in [5.41, 5.74) is 1.96. The Morgan fingerprint density at radius 3 is 2.52 bits per heavy atom. The lowest BCUT2D eigenvalue weighted by molar-refractivity contribution is 0.389. The van der Waals surface area contributed by atoms with Crippen molar-refractivity contribution in [2.24, 2.45) is 0 Å². The molecule has 2 aromatic rings. The monoisotopic (exact) mass is 325 g/mol. The van der Waals surface area contributed by atoms with Crippen LogP contribution >= 0.6 is 23.2 Å². The number of nitrogens with zero attached hydrogens (tertiary/aromatic N) is 2. The molecular formula is C15H17Cl2N3O. The maximum absolute atomic E-state index is 6.06. The average molecular weight is 326 g/mol. The molecule has 0 saturated heterocycles. The number of aromatic nitrogens is 2. The van der Waals surface area contributed by atoms with Gasteiger partial charge in [0.25, 0.3) is 0 Å². The van der Waals surface area contributed by atoms with Crippen LogP contribution in [0.2, 0.25) is 10.0 Å². The molecule has 0 saturated carbocycles. The van der Waals surface area contributed by atoms with Crippen molar-refractivity contribution in [3.05, 3.63) is 51.6 Å². The number of rotatable bonds is 6. The van der Waals surface area contributed by atoms with Crippen molar-refractivity contribution in [1.29, 1.82) is 0 Å². The summed E-state index contributed by atoms with van der Waals surface area (Å²) in [5.74, 6) is 0.503. The number of likely N-dealkylation sites (N-methyl/N-ethyl adjacent to an activating group) is 1. The van der Waals surface area contributed by atoms with Gasteiger partial charge in [0, 0.05) is 6.07 Å². The van der Waals surface area contributed by atoms with Gasteiger partial charge in [-0.2, -0.15) is 5.10 Å². The highest BCUT2D eigenvalue weighted by Crippen LogP contribution is 2.25. The van der Waals surface area contributed by atoms with Gasteiger partial charge in [0.05, 0.1) is 28.9 Å². The molecule has 4 nitrogen and oxygen atoms in total. The van der Waals surface area contributed by atoms with Crippen molar-refractivity contribution >= 4 is 23.2 Å². The molecule has 0 bridgehead atoms. The zero-order chi connectivity index (χ0) is 15.2. The second kappa shape index (κ2) is 7.59. The van der Waals surface area contributed by atoms with Crippen LogP contribution in [0.15, 0.2) is 30.3 Å². The van der Waals surface area contributed by atoms with Gasteiger partial charge in [0.2, 0.25) is 5.88 Å². The number of nitrogens with one attached hydrogen (secondary N) is 1. The van der Waals surface area contributed by atoms with Gasteiger partial charge in [-0.25, -0.2) is 0 Å². The third-order valence-corrected chi connectivity index (χ3v) is 3.84. The Morgan fingerprint density at radius 1 is 1.14 bits per heavy atom. The maximum Gasteiger partial charge on any atom is 0.233 e. The van der Waals surface area contributed by atoms with Gasteiger partial charge >= 0.3 is 0 Å². The van der Waals surface area contributed by atoms with Crippen LogP contribution in [0, 0.1) is 0 Å². The smallest absolute Gasteiger partial charge is 0.233 e. The summed E-state index contributed by atoms with van der Waals surface area (Å²) < 4.78 is 5.03. The minimum atomic E-state index is 0.0608. The molecule has 1 aromatic carbocycles. The predicted molar refractivity (Wildman–Crippen MR) is 85.2 cm³/mol. The van der Waals surface area contributed by atoms with Crippen LogP contribution in [0.3, 0.4) is 0 Å². The molecule has 0 spiro atoms. The minimum absolute atomic E-state index is 0.0608. The highest BCUT2D eigenvalue weighted by atomic mass is 35.5. The summed E-state index contributed by atoms with van der Waals surface area (Å²) in [7, 11) is 1.57. The third kappa shape index (κ3) is 4.30. The van der Waals surface area contributed by atoms with Crippen molar-refractivity contribution in [2.45, 2.75) is 19.4 Å². The van der Waals surface area contributed by atoms with E-state index >= 15 is 0 Å². The summed E-state index contributed by atoms with van der Waals surface area (Å²) in [6, 6.07) is 9.44. The third-order valence-electron chi connectivity index (χ3n) is 3.10. The lowest BCUT2D eigenvalue weighted by Crippen LogP contribution is -2.24. The molecule has 0 amide bonds. The Hall–Kier alpha value is -1.36. The lowest BCUT2D eigenvalue weighted by Gasteiger charge is -2.17. The summed E-state index contributed by atoms with van der Waals surface area (Å²) >= 11 is 12.0. The summed E-state index contributed by atoms with van der Waals surface area (Å²) in [5, 5.41) is 12.7. The Balaban J connectivity index is 2.19. The standard InChI is InChI=1S/C15H17Cl2N3O/c1-3-18-14(13-6-7-15(21-2)20-19-13)9-10-4-5-11(16)12(17)8-10/h4-8,14,18H,3,9H2,1-2H3. The highest BCUT2D eigenvalue weighted by Gasteiger charge is 2.14. The van der Waals surface area contributed by atoms with E-state index < -0.39 is 0 Å². The van der Waals surface area contributed by atoms with Crippen LogP contribution < -0.4 is 10.1 Å². The fourth-order valence-corrected chi connectivity index (χ4v) is 2.38. The molecule has 21 heavy (non-hydrogen) atoms. The number of methoxy groups -OCH3 is 1. The highest BCUT2D eigenvalue weighted by molar-refractivity contribution is 6.42. The molecule has 0 radical (unpaired) electrons. The molecule has 2 rings (SSSR count). The molecular weight excluding hydrogens is 309 g/mol.